The lowest BCUT2D eigenvalue weighted by atomic mass is 9.87. The summed E-state index contributed by atoms with van der Waals surface area (Å²) in [5, 5.41) is 2.73. The maximum absolute atomic E-state index is 13.9. The lowest BCUT2D eigenvalue weighted by molar-refractivity contribution is -0.145. The Labute approximate surface area is 292 Å². The van der Waals surface area contributed by atoms with E-state index in [1.807, 2.05) is 4.90 Å². The fourth-order valence-electron chi connectivity index (χ4n) is 6.96. The van der Waals surface area contributed by atoms with E-state index >= 15 is 0 Å². The van der Waals surface area contributed by atoms with Gasteiger partial charge in [0.1, 0.15) is 17.7 Å². The van der Waals surface area contributed by atoms with Gasteiger partial charge in [-0.15, -0.1) is 0 Å². The number of amides is 2. The number of carbonyl (C=O) groups is 2. The predicted molar refractivity (Wildman–Crippen MR) is 175 cm³/mol. The van der Waals surface area contributed by atoms with Gasteiger partial charge in [-0.2, -0.15) is 34.8 Å². The minimum absolute atomic E-state index is 0.00863. The second-order valence-electron chi connectivity index (χ2n) is 13.6. The number of alkyl halides is 6. The van der Waals surface area contributed by atoms with Crippen LogP contribution in [0.1, 0.15) is 68.3 Å². The number of carbonyl (C=O) groups excluding carboxylic acids is 2. The smallest absolute Gasteiger partial charge is 0.356 e. The Bertz CT molecular complexity index is 1630. The summed E-state index contributed by atoms with van der Waals surface area (Å²) < 4.78 is 111. The van der Waals surface area contributed by atoms with E-state index in [1.165, 1.54) is 28.0 Å². The molecule has 0 aliphatic carbocycles. The van der Waals surface area contributed by atoms with Crippen molar-refractivity contribution in [3.05, 3.63) is 47.3 Å². The highest BCUT2D eigenvalue weighted by Crippen LogP contribution is 2.35. The summed E-state index contributed by atoms with van der Waals surface area (Å²) in [5.41, 5.74) is -0.172. The van der Waals surface area contributed by atoms with Crippen LogP contribution in [0.4, 0.5) is 38.0 Å². The Balaban J connectivity index is 1.09. The molecular formula is C33H42F6N6O5S. The fraction of sp³-hybridized carbons (Fsp3) is 0.636. The minimum atomic E-state index is -4.80. The molecule has 0 spiro atoms. The standard InChI is InChI=1S/C33H42F6N6O5S/c34-32(35,36)25-6-4-24(5-7-25)8-14-40-30(47)26-13-19-45(26)28-20-27(41-31(42-28)33(37,38)39)43-15-9-22(10-16-43)2-1-3-23-11-17-44(18-12-23)29(46)21-51(48,49)50/h4-7,20,22-23,26H,1-3,8-19,21H2,(H,40,47)(H,48,49,50)/t26-/m0/s1. The molecule has 2 N–H and O–H groups in total. The third-order valence-electron chi connectivity index (χ3n) is 10.00. The van der Waals surface area contributed by atoms with Gasteiger partial charge in [0.2, 0.25) is 17.6 Å². The van der Waals surface area contributed by atoms with E-state index in [4.69, 9.17) is 4.55 Å². The Kier molecular flexibility index (Phi) is 12.0. The molecule has 5 rings (SSSR count). The van der Waals surface area contributed by atoms with E-state index in [9.17, 15) is 44.3 Å². The number of benzene rings is 1. The average molecular weight is 749 g/mol. The van der Waals surface area contributed by atoms with E-state index in [2.05, 4.69) is 15.3 Å². The molecule has 0 bridgehead atoms. The van der Waals surface area contributed by atoms with Gasteiger partial charge in [-0.25, -0.2) is 9.97 Å². The summed E-state index contributed by atoms with van der Waals surface area (Å²) in [6.45, 7) is 2.40. The largest absolute Gasteiger partial charge is 0.451 e. The number of nitrogens with zero attached hydrogens (tertiary/aromatic N) is 5. The van der Waals surface area contributed by atoms with Crippen molar-refractivity contribution in [1.29, 1.82) is 0 Å². The zero-order valence-electron chi connectivity index (χ0n) is 27.9. The number of hydrogen-bond acceptors (Lipinski definition) is 8. The Hall–Kier alpha value is -3.67. The molecule has 18 heteroatoms. The van der Waals surface area contributed by atoms with Crippen LogP contribution in [0.2, 0.25) is 0 Å². The summed E-state index contributed by atoms with van der Waals surface area (Å²) in [4.78, 5) is 37.4. The molecule has 4 heterocycles. The van der Waals surface area contributed by atoms with E-state index in [-0.39, 0.29) is 24.6 Å². The third-order valence-corrected chi connectivity index (χ3v) is 10.6. The predicted octanol–water partition coefficient (Wildman–Crippen LogP) is 4.96. The number of rotatable bonds is 12. The van der Waals surface area contributed by atoms with Crippen LogP contribution in [0, 0.1) is 11.8 Å². The normalized spacial score (nSPS) is 19.6. The van der Waals surface area contributed by atoms with Gasteiger partial charge < -0.3 is 20.0 Å². The molecule has 2 aromatic rings. The molecule has 282 valence electrons. The van der Waals surface area contributed by atoms with Gasteiger partial charge in [0.05, 0.1) is 5.56 Å². The van der Waals surface area contributed by atoms with Crippen LogP contribution >= 0.6 is 0 Å². The van der Waals surface area contributed by atoms with E-state index in [0.717, 1.165) is 57.1 Å². The van der Waals surface area contributed by atoms with Gasteiger partial charge in [-0.05, 0) is 68.1 Å². The maximum Gasteiger partial charge on any atom is 0.451 e. The van der Waals surface area contributed by atoms with Gasteiger partial charge in [0.15, 0.2) is 5.75 Å². The zero-order chi connectivity index (χ0) is 37.0. The molecule has 1 atom stereocenters. The molecule has 0 unspecified atom stereocenters. The molecule has 1 aromatic heterocycles. The Morgan fingerprint density at radius 2 is 1.41 bits per heavy atom. The molecule has 0 saturated carbocycles. The van der Waals surface area contributed by atoms with Crippen molar-refractivity contribution in [2.45, 2.75) is 76.2 Å². The number of hydrogen-bond donors (Lipinski definition) is 2. The van der Waals surface area contributed by atoms with Crippen molar-refractivity contribution in [3.8, 4) is 0 Å². The number of aromatic nitrogens is 2. The number of nitrogens with one attached hydrogen (secondary N) is 1. The second-order valence-corrected chi connectivity index (χ2v) is 15.0. The van der Waals surface area contributed by atoms with Crippen LogP contribution in [0.15, 0.2) is 30.3 Å². The summed E-state index contributed by atoms with van der Waals surface area (Å²) in [5.74, 6) is -2.22. The fourth-order valence-corrected chi connectivity index (χ4v) is 7.46. The van der Waals surface area contributed by atoms with Gasteiger partial charge in [0, 0.05) is 45.3 Å². The number of anilines is 2. The molecule has 3 aliphatic heterocycles. The van der Waals surface area contributed by atoms with Gasteiger partial charge >= 0.3 is 12.4 Å². The molecule has 2 amide bonds. The maximum atomic E-state index is 13.9. The van der Waals surface area contributed by atoms with Crippen LogP contribution in [0.25, 0.3) is 0 Å². The number of piperidine rings is 2. The highest BCUT2D eigenvalue weighted by atomic mass is 32.2. The molecule has 3 aliphatic rings. The molecule has 3 saturated heterocycles. The number of likely N-dealkylation sites (tertiary alicyclic amines) is 1. The summed E-state index contributed by atoms with van der Waals surface area (Å²) in [7, 11) is -4.36. The van der Waals surface area contributed by atoms with Crippen LogP contribution in [-0.4, -0.2) is 90.7 Å². The summed E-state index contributed by atoms with van der Waals surface area (Å²) in [6, 6.07) is 5.37. The SMILES string of the molecule is O=C(NCCc1ccc(C(F)(F)F)cc1)[C@@H]1CCN1c1cc(N2CCC(CCCC3CCN(C(=O)CS(=O)(=O)O)CC3)CC2)nc(C(F)(F)F)n1. The Morgan fingerprint density at radius 3 is 1.94 bits per heavy atom. The molecular weight excluding hydrogens is 706 g/mol. The summed E-state index contributed by atoms with van der Waals surface area (Å²) >= 11 is 0. The van der Waals surface area contributed by atoms with Crippen molar-refractivity contribution in [2.24, 2.45) is 11.8 Å². The van der Waals surface area contributed by atoms with Crippen LogP contribution in [0.3, 0.4) is 0 Å². The second kappa shape index (κ2) is 15.9. The molecule has 0 radical (unpaired) electrons. The first-order valence-electron chi connectivity index (χ1n) is 17.1. The zero-order valence-corrected chi connectivity index (χ0v) is 28.7. The highest BCUT2D eigenvalue weighted by molar-refractivity contribution is 7.86. The van der Waals surface area contributed by atoms with Crippen molar-refractivity contribution >= 4 is 33.6 Å². The lowest BCUT2D eigenvalue weighted by Crippen LogP contribution is -2.57. The molecule has 11 nitrogen and oxygen atoms in total. The van der Waals surface area contributed by atoms with Crippen molar-refractivity contribution in [3.63, 3.8) is 0 Å². The molecule has 51 heavy (non-hydrogen) atoms. The number of halogens is 6. The minimum Gasteiger partial charge on any atom is -0.356 e. The van der Waals surface area contributed by atoms with E-state index < -0.39 is 57.5 Å². The average Bonchev–Trinajstić information content (AvgIpc) is 3.03. The van der Waals surface area contributed by atoms with E-state index in [0.29, 0.717) is 56.5 Å². The van der Waals surface area contributed by atoms with Crippen molar-refractivity contribution in [2.75, 3.05) is 54.8 Å². The molecule has 3 fully saturated rings. The van der Waals surface area contributed by atoms with Crippen molar-refractivity contribution in [1.82, 2.24) is 20.2 Å². The van der Waals surface area contributed by atoms with E-state index in [1.54, 1.807) is 0 Å². The van der Waals surface area contributed by atoms with Crippen LogP contribution < -0.4 is 15.1 Å². The molecule has 1 aromatic carbocycles. The Morgan fingerprint density at radius 1 is 0.824 bits per heavy atom. The van der Waals surface area contributed by atoms with Gasteiger partial charge in [-0.1, -0.05) is 31.4 Å². The van der Waals surface area contributed by atoms with Crippen LogP contribution in [-0.2, 0) is 38.5 Å². The monoisotopic (exact) mass is 748 g/mol. The quantitative estimate of drug-likeness (QED) is 0.228. The van der Waals surface area contributed by atoms with Gasteiger partial charge in [-0.3, -0.25) is 14.1 Å². The lowest BCUT2D eigenvalue weighted by Gasteiger charge is -2.41. The van der Waals surface area contributed by atoms with Crippen molar-refractivity contribution < 1.29 is 48.9 Å². The highest BCUT2D eigenvalue weighted by Gasteiger charge is 2.40. The summed E-state index contributed by atoms with van der Waals surface area (Å²) in [6.07, 6.45) is -2.60. The first-order chi connectivity index (χ1) is 24.0. The first kappa shape index (κ1) is 38.6. The third kappa shape index (κ3) is 10.7. The van der Waals surface area contributed by atoms with Gasteiger partial charge in [0.25, 0.3) is 10.1 Å². The first-order valence-corrected chi connectivity index (χ1v) is 18.7. The van der Waals surface area contributed by atoms with Crippen LogP contribution in [0.5, 0.6) is 0 Å². The topological polar surface area (TPSA) is 136 Å².